The molecule has 1 aliphatic carbocycles. The highest BCUT2D eigenvalue weighted by Crippen LogP contribution is 2.27. The van der Waals surface area contributed by atoms with Gasteiger partial charge in [0, 0.05) is 24.8 Å². The number of nitrogens with zero attached hydrogens (tertiary/aromatic N) is 1. The van der Waals surface area contributed by atoms with Crippen LogP contribution in [0.15, 0.2) is 59.5 Å². The van der Waals surface area contributed by atoms with Gasteiger partial charge in [-0.05, 0) is 44.0 Å². The number of sulfonamides is 1. The fourth-order valence-electron chi connectivity index (χ4n) is 3.55. The average molecular weight is 359 g/mol. The molecule has 0 spiro atoms. The number of nitrogens with one attached hydrogen (secondary N) is 1. The monoisotopic (exact) mass is 358 g/mol. The van der Waals surface area contributed by atoms with Gasteiger partial charge < -0.3 is 4.90 Å². The van der Waals surface area contributed by atoms with Crippen LogP contribution in [0.1, 0.15) is 31.2 Å². The van der Waals surface area contributed by atoms with Gasteiger partial charge in [0.1, 0.15) is 0 Å². The predicted octanol–water partition coefficient (Wildman–Crippen LogP) is 3.72. The summed E-state index contributed by atoms with van der Waals surface area (Å²) in [4.78, 5) is 2.55. The fourth-order valence-corrected chi connectivity index (χ4v) is 4.86. The summed E-state index contributed by atoms with van der Waals surface area (Å²) in [7, 11) is -1.45. The van der Waals surface area contributed by atoms with Crippen LogP contribution in [-0.2, 0) is 10.0 Å². The minimum atomic E-state index is -3.50. The zero-order valence-electron chi connectivity index (χ0n) is 14.9. The maximum atomic E-state index is 12.8. The Hall–Kier alpha value is -1.85. The van der Waals surface area contributed by atoms with Gasteiger partial charge in [0.15, 0.2) is 0 Å². The molecule has 4 nitrogen and oxygen atoms in total. The second-order valence-electron chi connectivity index (χ2n) is 6.84. The van der Waals surface area contributed by atoms with Crippen LogP contribution < -0.4 is 9.62 Å². The number of hydrogen-bond donors (Lipinski definition) is 1. The minimum Gasteiger partial charge on any atom is -0.370 e. The molecular formula is C20H26N2O2S. The van der Waals surface area contributed by atoms with Crippen molar-refractivity contribution in [3.8, 4) is 0 Å². The zero-order valence-corrected chi connectivity index (χ0v) is 15.7. The predicted molar refractivity (Wildman–Crippen MR) is 102 cm³/mol. The standard InChI is InChI=1S/C20H26N2O2S/c1-16-12-14-18(15-13-16)25(23,24)21-19-10-6-7-11-20(19)22(2)17-8-4-3-5-9-17/h3-5,8-9,12-15,19-21H,6-7,10-11H2,1-2H3/t19-,20-/m0/s1. The zero-order chi connectivity index (χ0) is 17.9. The number of benzene rings is 2. The first-order valence-corrected chi connectivity index (χ1v) is 10.3. The van der Waals surface area contributed by atoms with E-state index in [9.17, 15) is 8.42 Å². The third-order valence-electron chi connectivity index (χ3n) is 5.03. The van der Waals surface area contributed by atoms with Crippen molar-refractivity contribution in [2.75, 3.05) is 11.9 Å². The summed E-state index contributed by atoms with van der Waals surface area (Å²) in [5.41, 5.74) is 2.17. The van der Waals surface area contributed by atoms with E-state index in [4.69, 9.17) is 0 Å². The lowest BCUT2D eigenvalue weighted by molar-refractivity contribution is 0.351. The van der Waals surface area contributed by atoms with Gasteiger partial charge in [-0.25, -0.2) is 13.1 Å². The van der Waals surface area contributed by atoms with Gasteiger partial charge in [0.05, 0.1) is 4.90 Å². The summed E-state index contributed by atoms with van der Waals surface area (Å²) in [5.74, 6) is 0. The number of para-hydroxylation sites is 1. The molecule has 0 amide bonds. The third kappa shape index (κ3) is 4.22. The van der Waals surface area contributed by atoms with Gasteiger partial charge >= 0.3 is 0 Å². The van der Waals surface area contributed by atoms with E-state index in [1.807, 2.05) is 37.3 Å². The summed E-state index contributed by atoms with van der Waals surface area (Å²) in [6, 6.07) is 17.3. The highest BCUT2D eigenvalue weighted by Gasteiger charge is 2.32. The second kappa shape index (κ2) is 7.58. The van der Waals surface area contributed by atoms with Crippen molar-refractivity contribution in [1.29, 1.82) is 0 Å². The van der Waals surface area contributed by atoms with E-state index in [0.717, 1.165) is 36.9 Å². The van der Waals surface area contributed by atoms with E-state index < -0.39 is 10.0 Å². The second-order valence-corrected chi connectivity index (χ2v) is 8.55. The van der Waals surface area contributed by atoms with Crippen LogP contribution in [0.4, 0.5) is 5.69 Å². The summed E-state index contributed by atoms with van der Waals surface area (Å²) < 4.78 is 28.5. The molecule has 134 valence electrons. The Balaban J connectivity index is 1.80. The van der Waals surface area contributed by atoms with E-state index in [-0.39, 0.29) is 12.1 Å². The number of rotatable bonds is 5. The lowest BCUT2D eigenvalue weighted by Gasteiger charge is -2.39. The molecule has 1 aliphatic rings. The van der Waals surface area contributed by atoms with Gasteiger partial charge in [-0.2, -0.15) is 0 Å². The normalized spacial score (nSPS) is 21.0. The van der Waals surface area contributed by atoms with E-state index >= 15 is 0 Å². The molecule has 3 rings (SSSR count). The quantitative estimate of drug-likeness (QED) is 0.886. The molecule has 5 heteroatoms. The van der Waals surface area contributed by atoms with E-state index in [1.165, 1.54) is 0 Å². The van der Waals surface area contributed by atoms with Crippen LogP contribution in [0, 0.1) is 6.92 Å². The van der Waals surface area contributed by atoms with Crippen molar-refractivity contribution in [2.45, 2.75) is 49.6 Å². The Morgan fingerprint density at radius 2 is 1.60 bits per heavy atom. The highest BCUT2D eigenvalue weighted by atomic mass is 32.2. The first-order valence-electron chi connectivity index (χ1n) is 8.84. The van der Waals surface area contributed by atoms with Gasteiger partial charge in [-0.15, -0.1) is 0 Å². The topological polar surface area (TPSA) is 49.4 Å². The molecule has 0 heterocycles. The minimum absolute atomic E-state index is 0.0785. The number of aryl methyl sites for hydroxylation is 1. The van der Waals surface area contributed by atoms with Crippen LogP contribution in [0.25, 0.3) is 0 Å². The largest absolute Gasteiger partial charge is 0.370 e. The van der Waals surface area contributed by atoms with Gasteiger partial charge in [-0.1, -0.05) is 48.7 Å². The van der Waals surface area contributed by atoms with Crippen molar-refractivity contribution in [3.05, 3.63) is 60.2 Å². The molecule has 1 saturated carbocycles. The average Bonchev–Trinajstić information content (AvgIpc) is 2.62. The van der Waals surface area contributed by atoms with E-state index in [2.05, 4.69) is 28.8 Å². The third-order valence-corrected chi connectivity index (χ3v) is 6.53. The molecule has 0 radical (unpaired) electrons. The summed E-state index contributed by atoms with van der Waals surface area (Å²) >= 11 is 0. The summed E-state index contributed by atoms with van der Waals surface area (Å²) in [6.45, 7) is 1.95. The van der Waals surface area contributed by atoms with Gasteiger partial charge in [-0.3, -0.25) is 0 Å². The molecule has 2 aromatic rings. The number of hydrogen-bond acceptors (Lipinski definition) is 3. The number of likely N-dealkylation sites (N-methyl/N-ethyl adjacent to an activating group) is 1. The van der Waals surface area contributed by atoms with Crippen molar-refractivity contribution < 1.29 is 8.42 Å². The maximum absolute atomic E-state index is 12.8. The number of anilines is 1. The van der Waals surface area contributed by atoms with Crippen LogP contribution >= 0.6 is 0 Å². The van der Waals surface area contributed by atoms with Crippen LogP contribution in [-0.4, -0.2) is 27.5 Å². The summed E-state index contributed by atoms with van der Waals surface area (Å²) in [5, 5.41) is 0. The van der Waals surface area contributed by atoms with Crippen molar-refractivity contribution in [1.82, 2.24) is 4.72 Å². The lowest BCUT2D eigenvalue weighted by atomic mass is 9.90. The van der Waals surface area contributed by atoms with Gasteiger partial charge in [0.25, 0.3) is 0 Å². The summed E-state index contributed by atoms with van der Waals surface area (Å²) in [6.07, 6.45) is 4.05. The van der Waals surface area contributed by atoms with E-state index in [1.54, 1.807) is 12.1 Å². The first kappa shape index (κ1) is 18.0. The van der Waals surface area contributed by atoms with E-state index in [0.29, 0.717) is 4.90 Å². The Bertz CT molecular complexity index is 788. The molecule has 1 N–H and O–H groups in total. The van der Waals surface area contributed by atoms with Crippen molar-refractivity contribution >= 4 is 15.7 Å². The van der Waals surface area contributed by atoms with Crippen molar-refractivity contribution in [3.63, 3.8) is 0 Å². The molecule has 0 saturated heterocycles. The molecule has 0 bridgehead atoms. The van der Waals surface area contributed by atoms with Crippen LogP contribution in [0.3, 0.4) is 0 Å². The SMILES string of the molecule is Cc1ccc(S(=O)(=O)N[C@H]2CCCC[C@@H]2N(C)c2ccccc2)cc1. The van der Waals surface area contributed by atoms with Crippen LogP contribution in [0.2, 0.25) is 0 Å². The molecular weight excluding hydrogens is 332 g/mol. The Labute approximate surface area is 150 Å². The molecule has 25 heavy (non-hydrogen) atoms. The molecule has 2 aromatic carbocycles. The fraction of sp³-hybridized carbons (Fsp3) is 0.400. The van der Waals surface area contributed by atoms with Gasteiger partial charge in [0.2, 0.25) is 10.0 Å². The molecule has 1 fully saturated rings. The van der Waals surface area contributed by atoms with Crippen LogP contribution in [0.5, 0.6) is 0 Å². The highest BCUT2D eigenvalue weighted by molar-refractivity contribution is 7.89. The Morgan fingerprint density at radius 3 is 2.28 bits per heavy atom. The lowest BCUT2D eigenvalue weighted by Crippen LogP contribution is -2.52. The maximum Gasteiger partial charge on any atom is 0.240 e. The molecule has 2 atom stereocenters. The molecule has 0 aliphatic heterocycles. The Kier molecular flexibility index (Phi) is 5.45. The molecule has 0 aromatic heterocycles. The van der Waals surface area contributed by atoms with Crippen molar-refractivity contribution in [2.24, 2.45) is 0 Å². The first-order chi connectivity index (χ1) is 12.0. The Morgan fingerprint density at radius 1 is 0.960 bits per heavy atom. The molecule has 0 unspecified atom stereocenters. The smallest absolute Gasteiger partial charge is 0.240 e.